The van der Waals surface area contributed by atoms with Gasteiger partial charge >= 0.3 is 0 Å². The van der Waals surface area contributed by atoms with Crippen LogP contribution in [0.4, 0.5) is 5.82 Å². The predicted molar refractivity (Wildman–Crippen MR) is 90.0 cm³/mol. The van der Waals surface area contributed by atoms with Crippen LogP contribution in [0.15, 0.2) is 24.3 Å². The second kappa shape index (κ2) is 7.21. The van der Waals surface area contributed by atoms with E-state index in [4.69, 9.17) is 39.5 Å². The quantitative estimate of drug-likeness (QED) is 0.772. The summed E-state index contributed by atoms with van der Waals surface area (Å²) in [6.07, 6.45) is 0.969. The van der Waals surface area contributed by atoms with Gasteiger partial charge in [-0.15, -0.1) is 0 Å². The molecule has 0 aliphatic rings. The van der Waals surface area contributed by atoms with Gasteiger partial charge in [0, 0.05) is 17.1 Å². The van der Waals surface area contributed by atoms with E-state index in [9.17, 15) is 0 Å². The summed E-state index contributed by atoms with van der Waals surface area (Å²) in [6, 6.07) is 6.98. The number of ether oxygens (including phenoxy) is 1. The minimum absolute atomic E-state index is 0.447. The lowest BCUT2D eigenvalue weighted by Crippen LogP contribution is -2.04. The molecule has 21 heavy (non-hydrogen) atoms. The molecular formula is C15H15Cl3N2O. The molecule has 2 rings (SSSR count). The lowest BCUT2D eigenvalue weighted by molar-refractivity contribution is 0.416. The van der Waals surface area contributed by atoms with Gasteiger partial charge in [-0.2, -0.15) is 0 Å². The summed E-state index contributed by atoms with van der Waals surface area (Å²) in [5.41, 5.74) is 1.31. The number of nitrogens with one attached hydrogen (secondary N) is 1. The molecule has 0 aliphatic carbocycles. The summed E-state index contributed by atoms with van der Waals surface area (Å²) in [5, 5.41) is 4.69. The molecule has 0 aliphatic heterocycles. The van der Waals surface area contributed by atoms with Gasteiger partial charge in [0.05, 0.1) is 22.8 Å². The molecule has 0 amide bonds. The number of pyridine rings is 1. The number of anilines is 1. The highest BCUT2D eigenvalue weighted by atomic mass is 35.5. The highest BCUT2D eigenvalue weighted by Gasteiger charge is 2.15. The Morgan fingerprint density at radius 2 is 1.90 bits per heavy atom. The molecule has 112 valence electrons. The van der Waals surface area contributed by atoms with E-state index in [-0.39, 0.29) is 0 Å². The Kier molecular flexibility index (Phi) is 5.57. The topological polar surface area (TPSA) is 34.2 Å². The zero-order valence-corrected chi connectivity index (χ0v) is 14.0. The fourth-order valence-corrected chi connectivity index (χ4v) is 2.59. The molecule has 0 atom stereocenters. The van der Waals surface area contributed by atoms with Crippen LogP contribution in [-0.2, 0) is 0 Å². The SMILES string of the molecule is CCCNc1nc(-c2cc(Cl)ccc2OC)c(Cl)cc1Cl. The van der Waals surface area contributed by atoms with Crippen molar-refractivity contribution in [2.45, 2.75) is 13.3 Å². The van der Waals surface area contributed by atoms with E-state index in [1.165, 1.54) is 0 Å². The third kappa shape index (κ3) is 3.73. The molecule has 0 unspecified atom stereocenters. The van der Waals surface area contributed by atoms with Gasteiger partial charge < -0.3 is 10.1 Å². The number of benzene rings is 1. The Balaban J connectivity index is 2.55. The van der Waals surface area contributed by atoms with Crippen molar-refractivity contribution in [3.05, 3.63) is 39.3 Å². The average Bonchev–Trinajstić information content (AvgIpc) is 2.46. The van der Waals surface area contributed by atoms with Crippen LogP contribution in [0.25, 0.3) is 11.3 Å². The first-order chi connectivity index (χ1) is 10.1. The number of hydrogen-bond donors (Lipinski definition) is 1. The summed E-state index contributed by atoms with van der Waals surface area (Å²) in [4.78, 5) is 4.52. The molecular weight excluding hydrogens is 331 g/mol. The van der Waals surface area contributed by atoms with Gasteiger partial charge in [-0.3, -0.25) is 0 Å². The van der Waals surface area contributed by atoms with E-state index in [0.717, 1.165) is 18.5 Å². The van der Waals surface area contributed by atoms with E-state index < -0.39 is 0 Å². The maximum absolute atomic E-state index is 6.28. The van der Waals surface area contributed by atoms with Crippen molar-refractivity contribution in [3.63, 3.8) is 0 Å². The molecule has 3 nitrogen and oxygen atoms in total. The Hall–Kier alpha value is -1.16. The minimum Gasteiger partial charge on any atom is -0.496 e. The highest BCUT2D eigenvalue weighted by molar-refractivity contribution is 6.37. The molecule has 1 N–H and O–H groups in total. The second-order valence-electron chi connectivity index (χ2n) is 4.42. The average molecular weight is 346 g/mol. The molecule has 1 aromatic carbocycles. The maximum Gasteiger partial charge on any atom is 0.145 e. The Bertz CT molecular complexity index is 647. The highest BCUT2D eigenvalue weighted by Crippen LogP contribution is 2.38. The Morgan fingerprint density at radius 3 is 2.57 bits per heavy atom. The van der Waals surface area contributed by atoms with E-state index in [1.54, 1.807) is 31.4 Å². The van der Waals surface area contributed by atoms with E-state index in [1.807, 2.05) is 0 Å². The Labute approximate surface area is 139 Å². The molecule has 0 saturated heterocycles. The third-order valence-corrected chi connectivity index (χ3v) is 3.70. The minimum atomic E-state index is 0.447. The maximum atomic E-state index is 6.28. The van der Waals surface area contributed by atoms with Crippen molar-refractivity contribution in [1.82, 2.24) is 4.98 Å². The summed E-state index contributed by atoms with van der Waals surface area (Å²) < 4.78 is 5.35. The Morgan fingerprint density at radius 1 is 1.14 bits per heavy atom. The van der Waals surface area contributed by atoms with Gasteiger partial charge in [-0.25, -0.2) is 4.98 Å². The van der Waals surface area contributed by atoms with Gasteiger partial charge in [-0.1, -0.05) is 41.7 Å². The molecule has 1 heterocycles. The van der Waals surface area contributed by atoms with Gasteiger partial charge in [0.1, 0.15) is 11.6 Å². The number of hydrogen-bond acceptors (Lipinski definition) is 3. The summed E-state index contributed by atoms with van der Waals surface area (Å²) >= 11 is 18.5. The largest absolute Gasteiger partial charge is 0.496 e. The first-order valence-electron chi connectivity index (χ1n) is 6.50. The summed E-state index contributed by atoms with van der Waals surface area (Å²) in [5.74, 6) is 1.25. The van der Waals surface area contributed by atoms with Crippen molar-refractivity contribution in [2.24, 2.45) is 0 Å². The summed E-state index contributed by atoms with van der Waals surface area (Å²) in [6.45, 7) is 2.85. The van der Waals surface area contributed by atoms with Gasteiger partial charge in [0.2, 0.25) is 0 Å². The number of nitrogens with zero attached hydrogens (tertiary/aromatic N) is 1. The van der Waals surface area contributed by atoms with Crippen LogP contribution in [0, 0.1) is 0 Å². The molecule has 0 spiro atoms. The zero-order chi connectivity index (χ0) is 15.4. The first kappa shape index (κ1) is 16.2. The molecule has 6 heteroatoms. The van der Waals surface area contributed by atoms with E-state index in [2.05, 4.69) is 17.2 Å². The second-order valence-corrected chi connectivity index (χ2v) is 5.67. The molecule has 0 fully saturated rings. The third-order valence-electron chi connectivity index (χ3n) is 2.89. The molecule has 2 aromatic rings. The molecule has 1 aromatic heterocycles. The van der Waals surface area contributed by atoms with Crippen molar-refractivity contribution in [3.8, 4) is 17.0 Å². The fraction of sp³-hybridized carbons (Fsp3) is 0.267. The van der Waals surface area contributed by atoms with Crippen LogP contribution >= 0.6 is 34.8 Å². The van der Waals surface area contributed by atoms with Crippen LogP contribution < -0.4 is 10.1 Å². The summed E-state index contributed by atoms with van der Waals surface area (Å²) in [7, 11) is 1.59. The van der Waals surface area contributed by atoms with Crippen LogP contribution in [-0.4, -0.2) is 18.6 Å². The predicted octanol–water partition coefficient (Wildman–Crippen LogP) is 5.54. The van der Waals surface area contributed by atoms with Crippen molar-refractivity contribution < 1.29 is 4.74 Å². The lowest BCUT2D eigenvalue weighted by atomic mass is 10.1. The van der Waals surface area contributed by atoms with Crippen molar-refractivity contribution >= 4 is 40.6 Å². The van der Waals surface area contributed by atoms with Gasteiger partial charge in [-0.05, 0) is 30.7 Å². The zero-order valence-electron chi connectivity index (χ0n) is 11.7. The lowest BCUT2D eigenvalue weighted by Gasteiger charge is -2.13. The first-order valence-corrected chi connectivity index (χ1v) is 7.64. The number of halogens is 3. The molecule has 0 radical (unpaired) electrons. The number of methoxy groups -OCH3 is 1. The van der Waals surface area contributed by atoms with E-state index in [0.29, 0.717) is 32.3 Å². The van der Waals surface area contributed by atoms with Crippen LogP contribution in [0.5, 0.6) is 5.75 Å². The number of aromatic nitrogens is 1. The van der Waals surface area contributed by atoms with E-state index >= 15 is 0 Å². The van der Waals surface area contributed by atoms with Crippen LogP contribution in [0.2, 0.25) is 15.1 Å². The smallest absolute Gasteiger partial charge is 0.145 e. The normalized spacial score (nSPS) is 10.5. The molecule has 0 saturated carbocycles. The van der Waals surface area contributed by atoms with Gasteiger partial charge in [0.15, 0.2) is 0 Å². The van der Waals surface area contributed by atoms with Gasteiger partial charge in [0.25, 0.3) is 0 Å². The number of rotatable bonds is 5. The van der Waals surface area contributed by atoms with Crippen molar-refractivity contribution in [1.29, 1.82) is 0 Å². The van der Waals surface area contributed by atoms with Crippen LogP contribution in [0.3, 0.4) is 0 Å². The monoisotopic (exact) mass is 344 g/mol. The molecule has 0 bridgehead atoms. The fourth-order valence-electron chi connectivity index (χ4n) is 1.89. The standard InChI is InChI=1S/C15H15Cl3N2O/c1-3-6-19-15-12(18)8-11(17)14(20-15)10-7-9(16)4-5-13(10)21-2/h4-5,7-8H,3,6H2,1-2H3,(H,19,20). The van der Waals surface area contributed by atoms with Crippen LogP contribution in [0.1, 0.15) is 13.3 Å². The van der Waals surface area contributed by atoms with Crippen molar-refractivity contribution in [2.75, 3.05) is 19.0 Å².